The number of amides is 2. The number of nitrogens with one attached hydrogen (secondary N) is 2. The molecule has 3 aromatic heterocycles. The molecule has 1 saturated carbocycles. The molecule has 178 valence electrons. The summed E-state index contributed by atoms with van der Waals surface area (Å²) in [5, 5.41) is 10.2. The number of ether oxygens (including phenoxy) is 1. The van der Waals surface area contributed by atoms with Crippen molar-refractivity contribution in [2.24, 2.45) is 0 Å². The summed E-state index contributed by atoms with van der Waals surface area (Å²) >= 11 is 0. The number of carbonyl (C=O) groups is 2. The third kappa shape index (κ3) is 5.29. The fourth-order valence-electron chi connectivity index (χ4n) is 4.21. The Bertz CT molecular complexity index is 1380. The van der Waals surface area contributed by atoms with Gasteiger partial charge in [0.05, 0.1) is 23.6 Å². The number of benzene rings is 1. The van der Waals surface area contributed by atoms with Gasteiger partial charge in [-0.1, -0.05) is 18.2 Å². The molecule has 0 bridgehead atoms. The molecule has 9 nitrogen and oxygen atoms in total. The number of hydrogen-bond donors (Lipinski definition) is 2. The molecule has 3 heterocycles. The predicted molar refractivity (Wildman–Crippen MR) is 131 cm³/mol. The maximum Gasteiger partial charge on any atom is 0.253 e. The average molecular weight is 471 g/mol. The van der Waals surface area contributed by atoms with Crippen molar-refractivity contribution >= 4 is 23.3 Å². The Morgan fingerprint density at radius 2 is 1.94 bits per heavy atom. The summed E-state index contributed by atoms with van der Waals surface area (Å²) in [6.07, 6.45) is 9.63. The minimum absolute atomic E-state index is 0.204. The van der Waals surface area contributed by atoms with Crippen LogP contribution in [-0.4, -0.2) is 37.5 Å². The highest BCUT2D eigenvalue weighted by molar-refractivity contribution is 5.95. The van der Waals surface area contributed by atoms with Gasteiger partial charge in [0.25, 0.3) is 5.91 Å². The zero-order valence-corrected chi connectivity index (χ0v) is 19.4. The Labute approximate surface area is 202 Å². The molecule has 1 aromatic carbocycles. The van der Waals surface area contributed by atoms with E-state index in [4.69, 9.17) is 4.74 Å². The van der Waals surface area contributed by atoms with Crippen LogP contribution in [0.3, 0.4) is 0 Å². The van der Waals surface area contributed by atoms with E-state index >= 15 is 0 Å². The zero-order valence-electron chi connectivity index (χ0n) is 19.4. The number of rotatable bonds is 7. The second-order valence-corrected chi connectivity index (χ2v) is 8.61. The van der Waals surface area contributed by atoms with Gasteiger partial charge in [-0.25, -0.2) is 9.50 Å². The van der Waals surface area contributed by atoms with Crippen LogP contribution in [0.4, 0.5) is 5.82 Å². The summed E-state index contributed by atoms with van der Waals surface area (Å²) in [5.74, 6) is 0.810. The summed E-state index contributed by atoms with van der Waals surface area (Å²) in [7, 11) is 0. The van der Waals surface area contributed by atoms with Crippen LogP contribution in [0.5, 0.6) is 5.75 Å². The smallest absolute Gasteiger partial charge is 0.253 e. The van der Waals surface area contributed by atoms with Gasteiger partial charge in [-0.05, 0) is 49.9 Å². The third-order valence-electron chi connectivity index (χ3n) is 5.93. The first-order valence-corrected chi connectivity index (χ1v) is 11.7. The molecule has 0 unspecified atom stereocenters. The lowest BCUT2D eigenvalue weighted by Gasteiger charge is -2.16. The molecule has 2 amide bonds. The molecule has 9 heteroatoms. The van der Waals surface area contributed by atoms with E-state index < -0.39 is 0 Å². The van der Waals surface area contributed by atoms with E-state index in [2.05, 4.69) is 25.7 Å². The van der Waals surface area contributed by atoms with Crippen LogP contribution in [-0.2, 0) is 11.3 Å². The lowest BCUT2D eigenvalue weighted by Crippen LogP contribution is -2.23. The lowest BCUT2D eigenvalue weighted by atomic mass is 10.1. The molecule has 1 aliphatic rings. The highest BCUT2D eigenvalue weighted by Crippen LogP contribution is 2.26. The van der Waals surface area contributed by atoms with Crippen molar-refractivity contribution in [3.8, 4) is 17.0 Å². The van der Waals surface area contributed by atoms with Crippen molar-refractivity contribution in [2.45, 2.75) is 45.3 Å². The van der Waals surface area contributed by atoms with E-state index in [1.807, 2.05) is 24.3 Å². The van der Waals surface area contributed by atoms with Crippen molar-refractivity contribution in [2.75, 3.05) is 5.32 Å². The number of fused-ring (bicyclic) bond motifs is 1. The molecule has 0 radical (unpaired) electrons. The number of imidazole rings is 1. The molecule has 0 aliphatic heterocycles. The number of aromatic nitrogens is 4. The van der Waals surface area contributed by atoms with Gasteiger partial charge in [-0.3, -0.25) is 14.6 Å². The van der Waals surface area contributed by atoms with Gasteiger partial charge in [0.15, 0.2) is 11.5 Å². The normalized spacial score (nSPS) is 13.6. The van der Waals surface area contributed by atoms with Crippen molar-refractivity contribution < 1.29 is 14.3 Å². The number of carbonyl (C=O) groups excluding carboxylic acids is 2. The van der Waals surface area contributed by atoms with Crippen molar-refractivity contribution in [1.29, 1.82) is 0 Å². The van der Waals surface area contributed by atoms with Crippen LogP contribution in [0.25, 0.3) is 16.9 Å². The minimum atomic E-state index is -0.230. The second kappa shape index (κ2) is 9.92. The molecule has 1 fully saturated rings. The molecule has 5 rings (SSSR count). The van der Waals surface area contributed by atoms with Gasteiger partial charge in [0.2, 0.25) is 5.91 Å². The summed E-state index contributed by atoms with van der Waals surface area (Å²) in [5.41, 5.74) is 3.29. The van der Waals surface area contributed by atoms with Crippen LogP contribution in [0.2, 0.25) is 0 Å². The van der Waals surface area contributed by atoms with E-state index in [0.29, 0.717) is 34.8 Å². The maximum atomic E-state index is 12.9. The summed E-state index contributed by atoms with van der Waals surface area (Å²) in [6, 6.07) is 13.2. The predicted octanol–water partition coefficient (Wildman–Crippen LogP) is 4.00. The van der Waals surface area contributed by atoms with Gasteiger partial charge >= 0.3 is 0 Å². The van der Waals surface area contributed by atoms with Crippen molar-refractivity contribution in [3.63, 3.8) is 0 Å². The van der Waals surface area contributed by atoms with E-state index in [1.54, 1.807) is 35.1 Å². The molecule has 0 atom stereocenters. The average Bonchev–Trinajstić information content (AvgIpc) is 3.51. The molecule has 2 N–H and O–H groups in total. The SMILES string of the molecule is CC(=O)Nc1cn2nc(-c3cncc(C(=O)NCc4ccccc4OC4CCCC4)c3)ccc2n1. The first-order chi connectivity index (χ1) is 17.0. The quantitative estimate of drug-likeness (QED) is 0.422. The minimum Gasteiger partial charge on any atom is -0.490 e. The lowest BCUT2D eigenvalue weighted by molar-refractivity contribution is -0.114. The largest absolute Gasteiger partial charge is 0.490 e. The van der Waals surface area contributed by atoms with Crippen LogP contribution < -0.4 is 15.4 Å². The zero-order chi connectivity index (χ0) is 24.2. The third-order valence-corrected chi connectivity index (χ3v) is 5.93. The standard InChI is InChI=1S/C26H26N6O3/c1-17(33)29-24-16-32-25(30-24)11-10-22(31-32)19-12-20(14-27-13-19)26(34)28-15-18-6-2-5-9-23(18)35-21-7-3-4-8-21/h2,5-6,9-14,16,21H,3-4,7-8,15H2,1H3,(H,28,34)(H,29,33). The fourth-order valence-corrected chi connectivity index (χ4v) is 4.21. The summed E-state index contributed by atoms with van der Waals surface area (Å²) in [4.78, 5) is 32.7. The number of para-hydroxylation sites is 1. The van der Waals surface area contributed by atoms with Gasteiger partial charge in [-0.15, -0.1) is 0 Å². The number of hydrogen-bond acceptors (Lipinski definition) is 6. The number of nitrogens with zero attached hydrogens (tertiary/aromatic N) is 4. The van der Waals surface area contributed by atoms with Gasteiger partial charge in [0.1, 0.15) is 5.75 Å². The highest BCUT2D eigenvalue weighted by Gasteiger charge is 2.18. The van der Waals surface area contributed by atoms with E-state index in [0.717, 1.165) is 24.2 Å². The Morgan fingerprint density at radius 3 is 2.77 bits per heavy atom. The Kier molecular flexibility index (Phi) is 6.38. The molecule has 35 heavy (non-hydrogen) atoms. The number of anilines is 1. The Hall–Kier alpha value is -4.27. The molecular formula is C26H26N6O3. The first kappa shape index (κ1) is 22.5. The van der Waals surface area contributed by atoms with Crippen molar-refractivity contribution in [1.82, 2.24) is 24.9 Å². The monoisotopic (exact) mass is 470 g/mol. The topological polar surface area (TPSA) is 111 Å². The van der Waals surface area contributed by atoms with Crippen LogP contribution >= 0.6 is 0 Å². The number of pyridine rings is 1. The molecule has 1 aliphatic carbocycles. The Balaban J connectivity index is 1.29. The first-order valence-electron chi connectivity index (χ1n) is 11.7. The van der Waals surface area contributed by atoms with Gasteiger partial charge in [-0.2, -0.15) is 5.10 Å². The summed E-state index contributed by atoms with van der Waals surface area (Å²) < 4.78 is 7.75. The highest BCUT2D eigenvalue weighted by atomic mass is 16.5. The van der Waals surface area contributed by atoms with Crippen LogP contribution in [0.15, 0.2) is 61.1 Å². The fraction of sp³-hybridized carbons (Fsp3) is 0.269. The molecular weight excluding hydrogens is 444 g/mol. The van der Waals surface area contributed by atoms with E-state index in [9.17, 15) is 9.59 Å². The molecule has 0 spiro atoms. The van der Waals surface area contributed by atoms with Crippen LogP contribution in [0, 0.1) is 0 Å². The van der Waals surface area contributed by atoms with Crippen molar-refractivity contribution in [3.05, 3.63) is 72.2 Å². The summed E-state index contributed by atoms with van der Waals surface area (Å²) in [6.45, 7) is 1.78. The van der Waals surface area contributed by atoms with Gasteiger partial charge < -0.3 is 15.4 Å². The maximum absolute atomic E-state index is 12.9. The second-order valence-electron chi connectivity index (χ2n) is 8.61. The molecule has 0 saturated heterocycles. The van der Waals surface area contributed by atoms with Crippen LogP contribution in [0.1, 0.15) is 48.5 Å². The van der Waals surface area contributed by atoms with Gasteiger partial charge in [0, 0.05) is 37.0 Å². The Morgan fingerprint density at radius 1 is 1.11 bits per heavy atom. The van der Waals surface area contributed by atoms with E-state index in [-0.39, 0.29) is 17.9 Å². The molecule has 4 aromatic rings. The van der Waals surface area contributed by atoms with E-state index in [1.165, 1.54) is 26.0 Å².